The molecule has 0 radical (unpaired) electrons. The van der Waals surface area contributed by atoms with E-state index in [0.29, 0.717) is 11.4 Å². The van der Waals surface area contributed by atoms with Crippen molar-refractivity contribution in [3.63, 3.8) is 0 Å². The average molecular weight is 362 g/mol. The third-order valence-electron chi connectivity index (χ3n) is 4.67. The average Bonchev–Trinajstić information content (AvgIpc) is 2.73. The summed E-state index contributed by atoms with van der Waals surface area (Å²) >= 11 is 0. The normalized spacial score (nSPS) is 13.1. The molecule has 2 heterocycles. The van der Waals surface area contributed by atoms with Gasteiger partial charge in [-0.05, 0) is 42.7 Å². The Kier molecular flexibility index (Phi) is 4.78. The van der Waals surface area contributed by atoms with Crippen LogP contribution < -0.4 is 10.2 Å². The molecule has 0 fully saturated rings. The quantitative estimate of drug-likeness (QED) is 0.770. The lowest BCUT2D eigenvalue weighted by Gasteiger charge is -2.29. The van der Waals surface area contributed by atoms with E-state index in [9.17, 15) is 9.18 Å². The summed E-state index contributed by atoms with van der Waals surface area (Å²) in [5, 5.41) is 11.0. The van der Waals surface area contributed by atoms with Gasteiger partial charge < -0.3 is 10.2 Å². The van der Waals surface area contributed by atoms with Gasteiger partial charge in [-0.3, -0.25) is 4.79 Å². The molecule has 1 aromatic heterocycles. The summed E-state index contributed by atoms with van der Waals surface area (Å²) in [5.41, 5.74) is 3.06. The molecule has 5 nitrogen and oxygen atoms in total. The minimum absolute atomic E-state index is 0.106. The van der Waals surface area contributed by atoms with Crippen LogP contribution in [-0.2, 0) is 13.0 Å². The van der Waals surface area contributed by atoms with E-state index in [2.05, 4.69) is 32.5 Å². The molecular weight excluding hydrogens is 343 g/mol. The first kappa shape index (κ1) is 17.1. The zero-order chi connectivity index (χ0) is 18.6. The number of nitrogens with one attached hydrogen (secondary N) is 1. The molecule has 136 valence electrons. The highest BCUT2D eigenvalue weighted by Gasteiger charge is 2.19. The van der Waals surface area contributed by atoms with Gasteiger partial charge in [0.05, 0.1) is 0 Å². The Labute approximate surface area is 156 Å². The first-order chi connectivity index (χ1) is 13.2. The third kappa shape index (κ3) is 3.65. The van der Waals surface area contributed by atoms with Crippen LogP contribution in [0.5, 0.6) is 0 Å². The largest absolute Gasteiger partial charge is 0.346 e. The lowest BCUT2D eigenvalue weighted by molar-refractivity contribution is 0.0944. The second-order valence-corrected chi connectivity index (χ2v) is 6.43. The van der Waals surface area contributed by atoms with E-state index in [1.165, 1.54) is 11.6 Å². The molecule has 0 saturated heterocycles. The Hall–Kier alpha value is -3.28. The first-order valence-electron chi connectivity index (χ1n) is 8.93. The second kappa shape index (κ2) is 7.53. The molecule has 1 aliphatic rings. The van der Waals surface area contributed by atoms with Crippen LogP contribution in [0.3, 0.4) is 0 Å². The zero-order valence-corrected chi connectivity index (χ0v) is 14.7. The van der Waals surface area contributed by atoms with E-state index in [0.717, 1.165) is 25.1 Å². The summed E-state index contributed by atoms with van der Waals surface area (Å²) in [6.07, 6.45) is 2.10. The van der Waals surface area contributed by atoms with Crippen LogP contribution in [0.2, 0.25) is 0 Å². The minimum atomic E-state index is -0.378. The number of carbonyl (C=O) groups is 1. The minimum Gasteiger partial charge on any atom is -0.346 e. The predicted octanol–water partition coefficient (Wildman–Crippen LogP) is 3.63. The fourth-order valence-electron chi connectivity index (χ4n) is 3.27. The van der Waals surface area contributed by atoms with Crippen LogP contribution in [0, 0.1) is 5.82 Å². The maximum absolute atomic E-state index is 13.6. The van der Waals surface area contributed by atoms with Gasteiger partial charge in [0.2, 0.25) is 0 Å². The highest BCUT2D eigenvalue weighted by atomic mass is 19.1. The van der Waals surface area contributed by atoms with Crippen LogP contribution in [0.4, 0.5) is 15.9 Å². The molecule has 0 unspecified atom stereocenters. The Morgan fingerprint density at radius 2 is 1.85 bits per heavy atom. The van der Waals surface area contributed by atoms with Crippen molar-refractivity contribution in [2.45, 2.75) is 19.4 Å². The third-order valence-corrected chi connectivity index (χ3v) is 4.67. The van der Waals surface area contributed by atoms with Crippen LogP contribution >= 0.6 is 0 Å². The first-order valence-corrected chi connectivity index (χ1v) is 8.93. The predicted molar refractivity (Wildman–Crippen MR) is 101 cm³/mol. The van der Waals surface area contributed by atoms with Gasteiger partial charge in [-0.1, -0.05) is 36.4 Å². The molecule has 4 rings (SSSR count). The molecule has 0 bridgehead atoms. The Morgan fingerprint density at radius 3 is 2.67 bits per heavy atom. The van der Waals surface area contributed by atoms with E-state index < -0.39 is 0 Å². The lowest BCUT2D eigenvalue weighted by Crippen LogP contribution is -2.27. The summed E-state index contributed by atoms with van der Waals surface area (Å²) in [6, 6.07) is 18.0. The highest BCUT2D eigenvalue weighted by Crippen LogP contribution is 2.31. The van der Waals surface area contributed by atoms with Crippen molar-refractivity contribution in [3.8, 4) is 0 Å². The molecular formula is C21H19FN4O. The van der Waals surface area contributed by atoms with E-state index >= 15 is 0 Å². The fourth-order valence-corrected chi connectivity index (χ4v) is 3.27. The maximum Gasteiger partial charge on any atom is 0.272 e. The number of fused-ring (bicyclic) bond motifs is 1. The molecule has 0 aliphatic carbocycles. The number of nitrogens with zero attached hydrogens (tertiary/aromatic N) is 3. The van der Waals surface area contributed by atoms with Gasteiger partial charge in [-0.15, -0.1) is 10.2 Å². The number of carbonyl (C=O) groups excluding carboxylic acids is 1. The van der Waals surface area contributed by atoms with Crippen molar-refractivity contribution in [1.82, 2.24) is 15.5 Å². The highest BCUT2D eigenvalue weighted by molar-refractivity contribution is 5.92. The number of rotatable bonds is 4. The van der Waals surface area contributed by atoms with Crippen LogP contribution in [0.1, 0.15) is 28.0 Å². The van der Waals surface area contributed by atoms with Gasteiger partial charge in [0.15, 0.2) is 11.5 Å². The number of anilines is 2. The summed E-state index contributed by atoms with van der Waals surface area (Å²) in [4.78, 5) is 14.4. The number of hydrogen-bond acceptors (Lipinski definition) is 4. The SMILES string of the molecule is O=C(NCc1ccccc1F)c1ccc(N2CCCc3ccccc32)nn1. The lowest BCUT2D eigenvalue weighted by atomic mass is 10.0. The monoisotopic (exact) mass is 362 g/mol. The number of amides is 1. The van der Waals surface area contributed by atoms with Crippen LogP contribution in [0.25, 0.3) is 0 Å². The van der Waals surface area contributed by atoms with Crippen LogP contribution in [-0.4, -0.2) is 22.6 Å². The number of aryl methyl sites for hydroxylation is 1. The smallest absolute Gasteiger partial charge is 0.272 e. The molecule has 3 aromatic rings. The van der Waals surface area contributed by atoms with Crippen LogP contribution in [0.15, 0.2) is 60.7 Å². The molecule has 2 aromatic carbocycles. The van der Waals surface area contributed by atoms with Crippen molar-refractivity contribution in [1.29, 1.82) is 0 Å². The topological polar surface area (TPSA) is 58.1 Å². The second-order valence-electron chi connectivity index (χ2n) is 6.43. The van der Waals surface area contributed by atoms with Crippen molar-refractivity contribution < 1.29 is 9.18 Å². The molecule has 0 spiro atoms. The van der Waals surface area contributed by atoms with Gasteiger partial charge in [0, 0.05) is 24.3 Å². The zero-order valence-electron chi connectivity index (χ0n) is 14.7. The number of hydrogen-bond donors (Lipinski definition) is 1. The molecule has 27 heavy (non-hydrogen) atoms. The van der Waals surface area contributed by atoms with Gasteiger partial charge in [0.25, 0.3) is 5.91 Å². The molecule has 0 saturated carbocycles. The fraction of sp³-hybridized carbons (Fsp3) is 0.190. The number of benzene rings is 2. The van der Waals surface area contributed by atoms with E-state index in [4.69, 9.17) is 0 Å². The molecule has 1 N–H and O–H groups in total. The van der Waals surface area contributed by atoms with Crippen molar-refractivity contribution in [2.24, 2.45) is 0 Å². The van der Waals surface area contributed by atoms with Crippen molar-refractivity contribution in [3.05, 3.63) is 83.3 Å². The maximum atomic E-state index is 13.6. The van der Waals surface area contributed by atoms with Crippen molar-refractivity contribution in [2.75, 3.05) is 11.4 Å². The van der Waals surface area contributed by atoms with Gasteiger partial charge in [-0.2, -0.15) is 0 Å². The van der Waals surface area contributed by atoms with Gasteiger partial charge >= 0.3 is 0 Å². The standard InChI is InChI=1S/C21H19FN4O/c22-17-9-3-1-7-16(17)14-23-21(27)18-11-12-20(25-24-18)26-13-5-8-15-6-2-4-10-19(15)26/h1-4,6-7,9-12H,5,8,13-14H2,(H,23,27). The van der Waals surface area contributed by atoms with E-state index in [-0.39, 0.29) is 24.0 Å². The molecule has 1 amide bonds. The molecule has 0 atom stereocenters. The Balaban J connectivity index is 1.46. The molecule has 1 aliphatic heterocycles. The van der Waals surface area contributed by atoms with E-state index in [1.807, 2.05) is 12.1 Å². The Bertz CT molecular complexity index is 958. The van der Waals surface area contributed by atoms with Gasteiger partial charge in [0.1, 0.15) is 5.82 Å². The Morgan fingerprint density at radius 1 is 1.04 bits per heavy atom. The number of halogens is 1. The number of aromatic nitrogens is 2. The molecule has 6 heteroatoms. The van der Waals surface area contributed by atoms with Crippen molar-refractivity contribution >= 4 is 17.4 Å². The number of para-hydroxylation sites is 1. The van der Waals surface area contributed by atoms with Gasteiger partial charge in [-0.25, -0.2) is 4.39 Å². The summed E-state index contributed by atoms with van der Waals surface area (Å²) < 4.78 is 13.6. The summed E-state index contributed by atoms with van der Waals surface area (Å²) in [7, 11) is 0. The van der Waals surface area contributed by atoms with E-state index in [1.54, 1.807) is 30.3 Å². The summed E-state index contributed by atoms with van der Waals surface area (Å²) in [5.74, 6) is -0.00727. The summed E-state index contributed by atoms with van der Waals surface area (Å²) in [6.45, 7) is 0.971.